The van der Waals surface area contributed by atoms with Crippen LogP contribution in [-0.4, -0.2) is 5.11 Å². The molecule has 0 aliphatic heterocycles. The fourth-order valence-corrected chi connectivity index (χ4v) is 3.45. The van der Waals surface area contributed by atoms with Crippen LogP contribution in [0.1, 0.15) is 41.7 Å². The van der Waals surface area contributed by atoms with Gasteiger partial charge >= 0.3 is 0 Å². The first-order valence-corrected chi connectivity index (χ1v) is 8.05. The summed E-state index contributed by atoms with van der Waals surface area (Å²) in [5, 5.41) is 10.1. The van der Waals surface area contributed by atoms with Gasteiger partial charge in [-0.15, -0.1) is 11.8 Å². The molecule has 0 aliphatic rings. The Hall–Kier alpha value is -1.25. The maximum atomic E-state index is 10.1. The average Bonchev–Trinajstić information content (AvgIpc) is 2.43. The summed E-state index contributed by atoms with van der Waals surface area (Å²) in [6, 6.07) is 14.8. The first kappa shape index (κ1) is 15.1. The summed E-state index contributed by atoms with van der Waals surface area (Å²) in [6.07, 6.45) is 0.388. The lowest BCUT2D eigenvalue weighted by Crippen LogP contribution is -1.97. The van der Waals surface area contributed by atoms with E-state index in [2.05, 4.69) is 38.1 Å². The van der Waals surface area contributed by atoms with Gasteiger partial charge in [-0.05, 0) is 37.5 Å². The van der Waals surface area contributed by atoms with Gasteiger partial charge in [-0.3, -0.25) is 0 Å². The molecule has 1 nitrogen and oxygen atoms in total. The topological polar surface area (TPSA) is 20.2 Å². The first-order valence-electron chi connectivity index (χ1n) is 7.07. The Morgan fingerprint density at radius 1 is 1.05 bits per heavy atom. The number of rotatable bonds is 5. The smallest absolute Gasteiger partial charge is 0.0798 e. The number of aliphatic hydroxyl groups is 1. The fraction of sp³-hybridized carbons (Fsp3) is 0.333. The van der Waals surface area contributed by atoms with Gasteiger partial charge in [-0.1, -0.05) is 54.4 Å². The molecule has 0 aliphatic carbocycles. The highest BCUT2D eigenvalue weighted by Crippen LogP contribution is 2.31. The van der Waals surface area contributed by atoms with Gasteiger partial charge < -0.3 is 5.11 Å². The normalized spacial score (nSPS) is 12.4. The Labute approximate surface area is 126 Å². The zero-order chi connectivity index (χ0) is 14.5. The number of thioether (sulfide) groups is 1. The van der Waals surface area contributed by atoms with Crippen molar-refractivity contribution in [2.24, 2.45) is 0 Å². The average molecular weight is 286 g/mol. The lowest BCUT2D eigenvalue weighted by atomic mass is 10.1. The quantitative estimate of drug-likeness (QED) is 0.777. The second-order valence-electron chi connectivity index (χ2n) is 5.25. The molecule has 0 saturated carbocycles. The van der Waals surface area contributed by atoms with E-state index < -0.39 is 0 Å². The zero-order valence-corrected chi connectivity index (χ0v) is 13.2. The van der Waals surface area contributed by atoms with E-state index in [1.54, 1.807) is 11.8 Å². The van der Waals surface area contributed by atoms with E-state index in [1.807, 2.05) is 25.1 Å². The molecule has 0 saturated heterocycles. The van der Waals surface area contributed by atoms with E-state index >= 15 is 0 Å². The standard InChI is InChI=1S/C18H22OS/c1-4-17(19)16-7-5-6-8-18(16)20-12-15-10-13(2)9-14(3)11-15/h5-11,17,19H,4,12H2,1-3H3/t17-/m1/s1. The van der Waals surface area contributed by atoms with Crippen LogP contribution < -0.4 is 0 Å². The number of hydrogen-bond donors (Lipinski definition) is 1. The Bertz CT molecular complexity index is 557. The fourth-order valence-electron chi connectivity index (χ4n) is 2.42. The van der Waals surface area contributed by atoms with Crippen molar-refractivity contribution in [3.8, 4) is 0 Å². The van der Waals surface area contributed by atoms with Crippen molar-refractivity contribution in [1.29, 1.82) is 0 Å². The highest BCUT2D eigenvalue weighted by atomic mass is 32.2. The summed E-state index contributed by atoms with van der Waals surface area (Å²) >= 11 is 1.80. The van der Waals surface area contributed by atoms with E-state index in [-0.39, 0.29) is 6.10 Å². The highest BCUT2D eigenvalue weighted by Gasteiger charge is 2.10. The molecule has 0 amide bonds. The summed E-state index contributed by atoms with van der Waals surface area (Å²) in [5.41, 5.74) is 5.00. The molecule has 2 aromatic rings. The van der Waals surface area contributed by atoms with E-state index in [4.69, 9.17) is 0 Å². The molecule has 2 rings (SSSR count). The Balaban J connectivity index is 2.14. The largest absolute Gasteiger partial charge is 0.388 e. The molecule has 2 heteroatoms. The minimum atomic E-state index is -0.363. The van der Waals surface area contributed by atoms with Gasteiger partial charge in [0, 0.05) is 10.6 Å². The van der Waals surface area contributed by atoms with Gasteiger partial charge in [0.25, 0.3) is 0 Å². The number of aliphatic hydroxyl groups excluding tert-OH is 1. The third kappa shape index (κ3) is 3.87. The van der Waals surface area contributed by atoms with E-state index in [1.165, 1.54) is 21.6 Å². The van der Waals surface area contributed by atoms with Crippen LogP contribution >= 0.6 is 11.8 Å². The molecule has 2 aromatic carbocycles. The van der Waals surface area contributed by atoms with E-state index in [0.29, 0.717) is 0 Å². The number of hydrogen-bond acceptors (Lipinski definition) is 2. The molecular formula is C18H22OS. The maximum absolute atomic E-state index is 10.1. The third-order valence-electron chi connectivity index (χ3n) is 3.34. The molecule has 106 valence electrons. The van der Waals surface area contributed by atoms with Crippen LogP contribution in [0, 0.1) is 13.8 Å². The second kappa shape index (κ2) is 6.96. The van der Waals surface area contributed by atoms with Crippen molar-refractivity contribution in [2.45, 2.75) is 43.9 Å². The molecule has 0 aromatic heterocycles. The molecular weight excluding hydrogens is 264 g/mol. The molecule has 0 spiro atoms. The van der Waals surface area contributed by atoms with Crippen LogP contribution in [0.4, 0.5) is 0 Å². The van der Waals surface area contributed by atoms with Gasteiger partial charge in [-0.2, -0.15) is 0 Å². The van der Waals surface area contributed by atoms with Crippen molar-refractivity contribution in [1.82, 2.24) is 0 Å². The van der Waals surface area contributed by atoms with Crippen molar-refractivity contribution >= 4 is 11.8 Å². The van der Waals surface area contributed by atoms with Gasteiger partial charge in [0.1, 0.15) is 0 Å². The van der Waals surface area contributed by atoms with Crippen LogP contribution in [0.25, 0.3) is 0 Å². The van der Waals surface area contributed by atoms with Crippen LogP contribution in [-0.2, 0) is 5.75 Å². The summed E-state index contributed by atoms with van der Waals surface area (Å²) in [4.78, 5) is 1.18. The second-order valence-corrected chi connectivity index (χ2v) is 6.26. The Morgan fingerprint density at radius 2 is 1.70 bits per heavy atom. The molecule has 0 fully saturated rings. The van der Waals surface area contributed by atoms with Crippen LogP contribution in [0.3, 0.4) is 0 Å². The minimum absolute atomic E-state index is 0.363. The Morgan fingerprint density at radius 3 is 2.35 bits per heavy atom. The molecule has 0 unspecified atom stereocenters. The van der Waals surface area contributed by atoms with Crippen LogP contribution in [0.5, 0.6) is 0 Å². The number of aryl methyl sites for hydroxylation is 2. The maximum Gasteiger partial charge on any atom is 0.0798 e. The van der Waals surface area contributed by atoms with Crippen LogP contribution in [0.15, 0.2) is 47.4 Å². The number of benzene rings is 2. The van der Waals surface area contributed by atoms with E-state index in [0.717, 1.165) is 17.7 Å². The molecule has 1 N–H and O–H groups in total. The summed E-state index contributed by atoms with van der Waals surface area (Å²) in [6.45, 7) is 6.28. The van der Waals surface area contributed by atoms with Gasteiger partial charge in [0.15, 0.2) is 0 Å². The molecule has 1 atom stereocenters. The predicted octanol–water partition coefficient (Wildman–Crippen LogP) is 5.04. The SMILES string of the molecule is CC[C@@H](O)c1ccccc1SCc1cc(C)cc(C)c1. The summed E-state index contributed by atoms with van der Waals surface area (Å²) in [7, 11) is 0. The zero-order valence-electron chi connectivity index (χ0n) is 12.4. The van der Waals surface area contributed by atoms with Crippen molar-refractivity contribution in [3.63, 3.8) is 0 Å². The molecule has 0 bridgehead atoms. The lowest BCUT2D eigenvalue weighted by Gasteiger charge is -2.14. The van der Waals surface area contributed by atoms with Crippen molar-refractivity contribution in [2.75, 3.05) is 0 Å². The summed E-state index contributed by atoms with van der Waals surface area (Å²) in [5.74, 6) is 0.940. The molecule has 20 heavy (non-hydrogen) atoms. The summed E-state index contributed by atoms with van der Waals surface area (Å²) < 4.78 is 0. The van der Waals surface area contributed by atoms with Gasteiger partial charge in [0.05, 0.1) is 6.10 Å². The van der Waals surface area contributed by atoms with Crippen molar-refractivity contribution in [3.05, 3.63) is 64.7 Å². The van der Waals surface area contributed by atoms with Gasteiger partial charge in [-0.25, -0.2) is 0 Å². The van der Waals surface area contributed by atoms with Gasteiger partial charge in [0.2, 0.25) is 0 Å². The molecule has 0 heterocycles. The monoisotopic (exact) mass is 286 g/mol. The van der Waals surface area contributed by atoms with Crippen LogP contribution in [0.2, 0.25) is 0 Å². The lowest BCUT2D eigenvalue weighted by molar-refractivity contribution is 0.171. The third-order valence-corrected chi connectivity index (χ3v) is 4.50. The Kier molecular flexibility index (Phi) is 5.27. The van der Waals surface area contributed by atoms with Crippen molar-refractivity contribution < 1.29 is 5.11 Å². The predicted molar refractivity (Wildman–Crippen MR) is 87.2 cm³/mol. The highest BCUT2D eigenvalue weighted by molar-refractivity contribution is 7.98. The minimum Gasteiger partial charge on any atom is -0.388 e. The van der Waals surface area contributed by atoms with E-state index in [9.17, 15) is 5.11 Å². The molecule has 0 radical (unpaired) electrons. The first-order chi connectivity index (χ1) is 9.60.